The summed E-state index contributed by atoms with van der Waals surface area (Å²) in [4.78, 5) is 15.9. The van der Waals surface area contributed by atoms with Crippen molar-refractivity contribution in [1.82, 2.24) is 0 Å². The Kier molecular flexibility index (Phi) is 8.36. The Hall–Kier alpha value is -3.96. The predicted octanol–water partition coefficient (Wildman–Crippen LogP) is 10.1. The summed E-state index contributed by atoms with van der Waals surface area (Å²) in [6.07, 6.45) is 7.10. The van der Waals surface area contributed by atoms with Crippen molar-refractivity contribution in [3.05, 3.63) is 112 Å². The molecule has 0 radical (unpaired) electrons. The molecule has 6 rings (SSSR count). The molecule has 5 nitrogen and oxygen atoms in total. The molecule has 2 aliphatic rings. The lowest BCUT2D eigenvalue weighted by molar-refractivity contribution is 0.0224. The zero-order chi connectivity index (χ0) is 30.0. The highest BCUT2D eigenvalue weighted by molar-refractivity contribution is 6.30. The Bertz CT molecular complexity index is 1620. The number of halogens is 1. The minimum atomic E-state index is -1.12. The summed E-state index contributed by atoms with van der Waals surface area (Å²) in [6, 6.07) is 25.8. The Balaban J connectivity index is 1.47. The number of rotatable bonds is 11. The van der Waals surface area contributed by atoms with Gasteiger partial charge in [0.1, 0.15) is 11.5 Å². The summed E-state index contributed by atoms with van der Waals surface area (Å²) in [5, 5.41) is 4.21. The zero-order valence-electron chi connectivity index (χ0n) is 25.2. The van der Waals surface area contributed by atoms with Crippen LogP contribution in [0.2, 0.25) is 5.02 Å². The third kappa shape index (κ3) is 5.47. The van der Waals surface area contributed by atoms with Crippen LogP contribution >= 0.6 is 11.6 Å². The maximum absolute atomic E-state index is 13.4. The van der Waals surface area contributed by atoms with Gasteiger partial charge in [-0.05, 0) is 79.9 Å². The largest absolute Gasteiger partial charge is 0.456 e. The number of carbonyl (C=O) groups is 1. The first-order valence-electron chi connectivity index (χ1n) is 15.5. The number of anilines is 3. The van der Waals surface area contributed by atoms with Crippen molar-refractivity contribution in [2.75, 3.05) is 23.3 Å². The van der Waals surface area contributed by atoms with Crippen LogP contribution in [0.5, 0.6) is 11.5 Å². The molecule has 1 atom stereocenters. The van der Waals surface area contributed by atoms with Crippen molar-refractivity contribution in [1.29, 1.82) is 0 Å². The molecular formula is C37H39ClN2O3. The van der Waals surface area contributed by atoms with E-state index in [1.807, 2.05) is 54.6 Å². The highest BCUT2D eigenvalue weighted by atomic mass is 35.5. The predicted molar refractivity (Wildman–Crippen MR) is 175 cm³/mol. The Morgan fingerprint density at radius 3 is 2.21 bits per heavy atom. The summed E-state index contributed by atoms with van der Waals surface area (Å²) in [5.74, 6) is 1.09. The smallest absolute Gasteiger partial charge is 0.340 e. The molecule has 2 aliphatic heterocycles. The fourth-order valence-corrected chi connectivity index (χ4v) is 6.43. The fraction of sp³-hybridized carbons (Fsp3) is 0.324. The highest BCUT2D eigenvalue weighted by Gasteiger charge is 2.53. The first-order chi connectivity index (χ1) is 20.9. The van der Waals surface area contributed by atoms with E-state index in [1.165, 1.54) is 25.7 Å². The van der Waals surface area contributed by atoms with E-state index in [0.29, 0.717) is 16.3 Å². The third-order valence-corrected chi connectivity index (χ3v) is 8.85. The van der Waals surface area contributed by atoms with Crippen LogP contribution < -0.4 is 15.0 Å². The average molecular weight is 595 g/mol. The lowest BCUT2D eigenvalue weighted by atomic mass is 9.77. The lowest BCUT2D eigenvalue weighted by Crippen LogP contribution is -2.33. The molecule has 4 aromatic rings. The molecule has 6 heteroatoms. The van der Waals surface area contributed by atoms with E-state index in [0.717, 1.165) is 71.0 Å². The van der Waals surface area contributed by atoms with Crippen molar-refractivity contribution >= 4 is 34.6 Å². The topological polar surface area (TPSA) is 50.8 Å². The van der Waals surface area contributed by atoms with E-state index in [4.69, 9.17) is 21.1 Å². The maximum Gasteiger partial charge on any atom is 0.340 e. The summed E-state index contributed by atoms with van der Waals surface area (Å²) in [7, 11) is 0. The van der Waals surface area contributed by atoms with Crippen LogP contribution in [0.4, 0.5) is 17.1 Å². The number of esters is 1. The molecule has 4 aromatic carbocycles. The molecule has 0 aromatic heterocycles. The van der Waals surface area contributed by atoms with Crippen LogP contribution in [0.25, 0.3) is 0 Å². The number of nitrogens with zero attached hydrogens (tertiary/aromatic N) is 1. The summed E-state index contributed by atoms with van der Waals surface area (Å²) < 4.78 is 13.2. The summed E-state index contributed by atoms with van der Waals surface area (Å²) in [5.41, 5.74) is 5.92. The number of fused-ring (bicyclic) bond motifs is 6. The summed E-state index contributed by atoms with van der Waals surface area (Å²) >= 11 is 6.13. The number of hydrogen-bond acceptors (Lipinski definition) is 5. The number of aryl methyl sites for hydroxylation is 1. The normalized spacial score (nSPS) is 16.2. The summed E-state index contributed by atoms with van der Waals surface area (Å²) in [6.45, 7) is 8.55. The van der Waals surface area contributed by atoms with E-state index in [1.54, 1.807) is 0 Å². The van der Waals surface area contributed by atoms with Gasteiger partial charge in [-0.2, -0.15) is 0 Å². The van der Waals surface area contributed by atoms with Crippen LogP contribution in [0, 0.1) is 6.92 Å². The number of ether oxygens (including phenoxy) is 2. The molecule has 0 aliphatic carbocycles. The van der Waals surface area contributed by atoms with E-state index in [-0.39, 0.29) is 5.97 Å². The third-order valence-electron chi connectivity index (χ3n) is 8.59. The van der Waals surface area contributed by atoms with Crippen molar-refractivity contribution in [2.24, 2.45) is 0 Å². The number of nitrogens with one attached hydrogen (secondary N) is 1. The first kappa shape index (κ1) is 29.1. The van der Waals surface area contributed by atoms with Gasteiger partial charge in [0.05, 0.1) is 5.56 Å². The van der Waals surface area contributed by atoms with Crippen LogP contribution in [0.15, 0.2) is 78.9 Å². The monoisotopic (exact) mass is 594 g/mol. The molecule has 1 N–H and O–H groups in total. The second kappa shape index (κ2) is 12.3. The molecule has 1 spiro atoms. The van der Waals surface area contributed by atoms with Crippen molar-refractivity contribution in [2.45, 2.75) is 64.9 Å². The van der Waals surface area contributed by atoms with E-state index in [9.17, 15) is 4.79 Å². The van der Waals surface area contributed by atoms with Crippen LogP contribution in [-0.2, 0) is 10.3 Å². The maximum atomic E-state index is 13.4. The first-order valence-corrected chi connectivity index (χ1v) is 15.9. The van der Waals surface area contributed by atoms with Gasteiger partial charge >= 0.3 is 5.97 Å². The fourth-order valence-electron chi connectivity index (χ4n) is 6.30. The van der Waals surface area contributed by atoms with Crippen molar-refractivity contribution < 1.29 is 14.3 Å². The van der Waals surface area contributed by atoms with Crippen molar-refractivity contribution in [3.8, 4) is 11.5 Å². The van der Waals surface area contributed by atoms with E-state index in [2.05, 4.69) is 55.3 Å². The number of carbonyl (C=O) groups excluding carboxylic acids is 1. The minimum absolute atomic E-state index is 0.327. The minimum Gasteiger partial charge on any atom is -0.456 e. The second-order valence-electron chi connectivity index (χ2n) is 11.6. The van der Waals surface area contributed by atoms with Gasteiger partial charge in [0.2, 0.25) is 0 Å². The standard InChI is InChI=1S/C37H39ClN2O3/c1-4-6-10-20-40(21-11-7-5-2)28-18-19-31-35(23-28)42-34-22-25(3)33(39-27-16-14-26(38)15-17-27)24-32(34)37(31)30-13-9-8-12-29(30)36(41)43-37/h8-9,12-19,22-24,39H,4-7,10-11,20-21H2,1-3H3. The van der Waals surface area contributed by atoms with E-state index < -0.39 is 5.60 Å². The zero-order valence-corrected chi connectivity index (χ0v) is 26.0. The van der Waals surface area contributed by atoms with Crippen LogP contribution in [0.3, 0.4) is 0 Å². The molecule has 1 unspecified atom stereocenters. The van der Waals surface area contributed by atoms with Gasteiger partial charge in [-0.25, -0.2) is 4.79 Å². The van der Waals surface area contributed by atoms with Gasteiger partial charge in [0, 0.05) is 57.9 Å². The van der Waals surface area contributed by atoms with Gasteiger partial charge in [0.15, 0.2) is 5.60 Å². The molecule has 0 fully saturated rings. The molecule has 43 heavy (non-hydrogen) atoms. The molecule has 222 valence electrons. The molecule has 0 saturated carbocycles. The Morgan fingerprint density at radius 1 is 0.791 bits per heavy atom. The van der Waals surface area contributed by atoms with E-state index >= 15 is 0 Å². The van der Waals surface area contributed by atoms with Gasteiger partial charge in [0.25, 0.3) is 0 Å². The molecule has 2 heterocycles. The van der Waals surface area contributed by atoms with Gasteiger partial charge in [-0.3, -0.25) is 0 Å². The molecule has 0 amide bonds. The number of unbranched alkanes of at least 4 members (excludes halogenated alkanes) is 4. The Labute approximate surface area is 259 Å². The number of benzene rings is 4. The Morgan fingerprint density at radius 2 is 1.49 bits per heavy atom. The van der Waals surface area contributed by atoms with Crippen LogP contribution in [-0.4, -0.2) is 19.1 Å². The quantitative estimate of drug-likeness (QED) is 0.138. The van der Waals surface area contributed by atoms with Gasteiger partial charge in [-0.1, -0.05) is 69.3 Å². The number of hydrogen-bond donors (Lipinski definition) is 1. The molecule has 0 saturated heterocycles. The van der Waals surface area contributed by atoms with Crippen molar-refractivity contribution in [3.63, 3.8) is 0 Å². The molecule has 0 bridgehead atoms. The SMILES string of the molecule is CCCCCN(CCCCC)c1ccc2c(c1)Oc1cc(C)c(Nc3ccc(Cl)cc3)cc1C21OC(=O)c2ccccc21. The van der Waals surface area contributed by atoms with Gasteiger partial charge < -0.3 is 19.7 Å². The van der Waals surface area contributed by atoms with Crippen LogP contribution in [0.1, 0.15) is 85.0 Å². The lowest BCUT2D eigenvalue weighted by Gasteiger charge is -2.38. The average Bonchev–Trinajstić information content (AvgIpc) is 3.31. The molecular weight excluding hydrogens is 556 g/mol. The highest BCUT2D eigenvalue weighted by Crippen LogP contribution is 2.57. The van der Waals surface area contributed by atoms with Gasteiger partial charge in [-0.15, -0.1) is 0 Å². The second-order valence-corrected chi connectivity index (χ2v) is 12.0.